The summed E-state index contributed by atoms with van der Waals surface area (Å²) >= 11 is 0. The highest BCUT2D eigenvalue weighted by Crippen LogP contribution is 2.59. The van der Waals surface area contributed by atoms with Crippen molar-refractivity contribution in [2.24, 2.45) is 28.4 Å². The Morgan fingerprint density at radius 3 is 2.29 bits per heavy atom. The first-order valence-corrected chi connectivity index (χ1v) is 10.3. The van der Waals surface area contributed by atoms with Gasteiger partial charge in [0.15, 0.2) is 5.41 Å². The molecule has 1 aromatic rings. The Bertz CT molecular complexity index is 1060. The molecule has 160 valence electrons. The monoisotopic (exact) mass is 416 g/mol. The summed E-state index contributed by atoms with van der Waals surface area (Å²) in [6.45, 7) is 6.58. The first kappa shape index (κ1) is 22.3. The number of nitrogens with two attached hydrogens (primary N) is 1. The summed E-state index contributed by atoms with van der Waals surface area (Å²) in [6.07, 6.45) is 3.64. The summed E-state index contributed by atoms with van der Waals surface area (Å²) in [7, 11) is 3.13. The number of nitrogens with zero attached hydrogens (tertiary/aromatic N) is 3. The molecule has 3 unspecified atom stereocenters. The van der Waals surface area contributed by atoms with E-state index < -0.39 is 11.3 Å². The molecule has 0 aromatic heterocycles. The van der Waals surface area contributed by atoms with Crippen molar-refractivity contribution in [1.82, 2.24) is 0 Å². The van der Waals surface area contributed by atoms with Crippen LogP contribution in [-0.4, -0.2) is 14.2 Å². The zero-order chi connectivity index (χ0) is 23.0. The van der Waals surface area contributed by atoms with Gasteiger partial charge in [-0.2, -0.15) is 15.8 Å². The van der Waals surface area contributed by atoms with Crippen molar-refractivity contribution in [3.05, 3.63) is 46.7 Å². The fraction of sp³-hybridized carbons (Fsp3) is 0.480. The Morgan fingerprint density at radius 1 is 1.10 bits per heavy atom. The molecule has 31 heavy (non-hydrogen) atoms. The quantitative estimate of drug-likeness (QED) is 0.771. The minimum atomic E-state index is -1.69. The van der Waals surface area contributed by atoms with Crippen LogP contribution in [0.4, 0.5) is 0 Å². The predicted molar refractivity (Wildman–Crippen MR) is 117 cm³/mol. The number of ether oxygens (including phenoxy) is 2. The number of methoxy groups -OCH3 is 2. The van der Waals surface area contributed by atoms with Gasteiger partial charge in [0.1, 0.15) is 17.6 Å². The van der Waals surface area contributed by atoms with Gasteiger partial charge >= 0.3 is 0 Å². The van der Waals surface area contributed by atoms with Crippen molar-refractivity contribution < 1.29 is 9.47 Å². The van der Waals surface area contributed by atoms with E-state index in [4.69, 9.17) is 15.2 Å². The molecule has 0 aliphatic heterocycles. The fourth-order valence-corrected chi connectivity index (χ4v) is 5.02. The van der Waals surface area contributed by atoms with E-state index in [1.165, 1.54) is 0 Å². The lowest BCUT2D eigenvalue weighted by molar-refractivity contribution is 0.169. The van der Waals surface area contributed by atoms with Crippen LogP contribution in [0.3, 0.4) is 0 Å². The third kappa shape index (κ3) is 3.41. The molecule has 0 saturated heterocycles. The molecule has 0 radical (unpaired) electrons. The largest absolute Gasteiger partial charge is 0.497 e. The Kier molecular flexibility index (Phi) is 5.75. The zero-order valence-electron chi connectivity index (χ0n) is 18.7. The maximum Gasteiger partial charge on any atom is 0.191 e. The molecular formula is C25H28N4O2. The van der Waals surface area contributed by atoms with Crippen LogP contribution in [0.15, 0.2) is 41.1 Å². The molecule has 6 nitrogen and oxygen atoms in total. The van der Waals surface area contributed by atoms with E-state index in [1.54, 1.807) is 26.4 Å². The Balaban J connectivity index is 2.37. The zero-order valence-corrected chi connectivity index (χ0v) is 18.7. The molecule has 6 heteroatoms. The van der Waals surface area contributed by atoms with Crippen LogP contribution in [0.5, 0.6) is 11.5 Å². The van der Waals surface area contributed by atoms with E-state index >= 15 is 0 Å². The van der Waals surface area contributed by atoms with Gasteiger partial charge in [0.2, 0.25) is 0 Å². The van der Waals surface area contributed by atoms with E-state index in [2.05, 4.69) is 45.1 Å². The fourth-order valence-electron chi connectivity index (χ4n) is 5.02. The van der Waals surface area contributed by atoms with E-state index in [9.17, 15) is 15.8 Å². The number of nitriles is 3. The number of fused-ring (bicyclic) bond motifs is 1. The second-order valence-corrected chi connectivity index (χ2v) is 9.32. The van der Waals surface area contributed by atoms with Crippen LogP contribution in [0, 0.1) is 56.7 Å². The molecule has 0 fully saturated rings. The highest BCUT2D eigenvalue weighted by atomic mass is 16.5. The number of benzene rings is 1. The topological polar surface area (TPSA) is 116 Å². The minimum absolute atomic E-state index is 0.0200. The average molecular weight is 417 g/mol. The average Bonchev–Trinajstić information content (AvgIpc) is 2.77. The number of rotatable bonds is 3. The molecular weight excluding hydrogens is 388 g/mol. The maximum atomic E-state index is 10.3. The van der Waals surface area contributed by atoms with Crippen LogP contribution in [-0.2, 0) is 0 Å². The normalized spacial score (nSPS) is 24.7. The lowest BCUT2D eigenvalue weighted by Crippen LogP contribution is -2.44. The van der Waals surface area contributed by atoms with Crippen LogP contribution in [0.1, 0.15) is 45.1 Å². The summed E-state index contributed by atoms with van der Waals surface area (Å²) < 4.78 is 11.1. The standard InChI is InChI=1S/C25H28N4O2/c1-24(2,3)15-6-8-17-18(10-15)22(19-11-16(30-4)7-9-21(19)31-5)25(13-27,14-28)23(29)20(17)12-26/h7-9,11,15,18,22H,6,10,29H2,1-5H3. The van der Waals surface area contributed by atoms with Crippen LogP contribution in [0.25, 0.3) is 0 Å². The molecule has 1 aromatic carbocycles. The van der Waals surface area contributed by atoms with Gasteiger partial charge in [-0.1, -0.05) is 26.8 Å². The van der Waals surface area contributed by atoms with Gasteiger partial charge in [-0.3, -0.25) is 0 Å². The number of hydrogen-bond donors (Lipinski definition) is 1. The van der Waals surface area contributed by atoms with Crippen molar-refractivity contribution in [1.29, 1.82) is 15.8 Å². The van der Waals surface area contributed by atoms with Crippen molar-refractivity contribution >= 4 is 0 Å². The number of allylic oxidation sites excluding steroid dienone is 4. The Morgan fingerprint density at radius 2 is 1.77 bits per heavy atom. The number of hydrogen-bond acceptors (Lipinski definition) is 6. The molecule has 0 amide bonds. The highest BCUT2D eigenvalue weighted by molar-refractivity contribution is 5.61. The van der Waals surface area contributed by atoms with Gasteiger partial charge in [0.05, 0.1) is 37.6 Å². The van der Waals surface area contributed by atoms with Gasteiger partial charge in [-0.15, -0.1) is 0 Å². The van der Waals surface area contributed by atoms with E-state index in [0.29, 0.717) is 23.0 Å². The summed E-state index contributed by atoms with van der Waals surface area (Å²) in [5.74, 6) is 0.671. The smallest absolute Gasteiger partial charge is 0.191 e. The minimum Gasteiger partial charge on any atom is -0.497 e. The van der Waals surface area contributed by atoms with E-state index in [-0.39, 0.29) is 22.6 Å². The molecule has 2 N–H and O–H groups in total. The van der Waals surface area contributed by atoms with Gasteiger partial charge in [0, 0.05) is 11.5 Å². The van der Waals surface area contributed by atoms with Crippen LogP contribution >= 0.6 is 0 Å². The third-order valence-corrected chi connectivity index (χ3v) is 6.87. The molecule has 0 saturated carbocycles. The first-order valence-electron chi connectivity index (χ1n) is 10.3. The molecule has 3 rings (SSSR count). The van der Waals surface area contributed by atoms with Gasteiger partial charge in [0.25, 0.3) is 0 Å². The Hall–Kier alpha value is -3.43. The second-order valence-electron chi connectivity index (χ2n) is 9.32. The van der Waals surface area contributed by atoms with Crippen molar-refractivity contribution in [2.75, 3.05) is 14.2 Å². The van der Waals surface area contributed by atoms with Gasteiger partial charge < -0.3 is 15.2 Å². The van der Waals surface area contributed by atoms with Crippen LogP contribution in [0.2, 0.25) is 0 Å². The summed E-state index contributed by atoms with van der Waals surface area (Å²) in [5.41, 5.74) is 6.56. The highest BCUT2D eigenvalue weighted by Gasteiger charge is 2.55. The summed E-state index contributed by atoms with van der Waals surface area (Å²) in [5, 5.41) is 30.4. The second kappa shape index (κ2) is 8.01. The SMILES string of the molecule is COc1ccc(OC)c(C2C3CC(C(C)(C)C)CC=C3C(C#N)=C(N)C2(C#N)C#N)c1. The van der Waals surface area contributed by atoms with Crippen molar-refractivity contribution in [3.63, 3.8) is 0 Å². The van der Waals surface area contributed by atoms with Crippen molar-refractivity contribution in [2.45, 2.75) is 39.5 Å². The molecule has 0 heterocycles. The van der Waals surface area contributed by atoms with Crippen molar-refractivity contribution in [3.8, 4) is 29.7 Å². The van der Waals surface area contributed by atoms with E-state index in [0.717, 1.165) is 18.4 Å². The summed E-state index contributed by atoms with van der Waals surface area (Å²) in [6, 6.07) is 11.9. The van der Waals surface area contributed by atoms with Gasteiger partial charge in [-0.05, 0) is 53.9 Å². The lowest BCUT2D eigenvalue weighted by atomic mass is 9.54. The first-order chi connectivity index (χ1) is 14.7. The summed E-state index contributed by atoms with van der Waals surface area (Å²) in [4.78, 5) is 0. The molecule has 3 atom stereocenters. The molecule has 2 aliphatic carbocycles. The molecule has 0 spiro atoms. The van der Waals surface area contributed by atoms with Crippen LogP contribution < -0.4 is 15.2 Å². The van der Waals surface area contributed by atoms with Gasteiger partial charge in [-0.25, -0.2) is 0 Å². The predicted octanol–water partition coefficient (Wildman–Crippen LogP) is 4.57. The third-order valence-electron chi connectivity index (χ3n) is 6.87. The lowest BCUT2D eigenvalue weighted by Gasteiger charge is -2.47. The van der Waals surface area contributed by atoms with E-state index in [1.807, 2.05) is 6.07 Å². The molecule has 0 bridgehead atoms. The maximum absolute atomic E-state index is 10.3. The Labute approximate surface area is 184 Å². The molecule has 2 aliphatic rings.